The van der Waals surface area contributed by atoms with Crippen molar-refractivity contribution in [1.82, 2.24) is 0 Å². The first-order chi connectivity index (χ1) is 16.1. The summed E-state index contributed by atoms with van der Waals surface area (Å²) in [5.41, 5.74) is 3.74. The molecular formula is C29H31NO3. The third kappa shape index (κ3) is 6.17. The summed E-state index contributed by atoms with van der Waals surface area (Å²) in [7, 11) is 0. The fourth-order valence-corrected chi connectivity index (χ4v) is 4.53. The summed E-state index contributed by atoms with van der Waals surface area (Å²) >= 11 is 0. The monoisotopic (exact) mass is 441 g/mol. The molecule has 4 atom stereocenters. The molecule has 1 fully saturated rings. The van der Waals surface area contributed by atoms with Crippen LogP contribution in [0.3, 0.4) is 0 Å². The number of nitrogens with zero attached hydrogens (tertiary/aromatic N) is 1. The van der Waals surface area contributed by atoms with Gasteiger partial charge < -0.3 is 9.47 Å². The van der Waals surface area contributed by atoms with Crippen molar-refractivity contribution in [3.63, 3.8) is 0 Å². The zero-order valence-electron chi connectivity index (χ0n) is 19.3. The Kier molecular flexibility index (Phi) is 7.69. The highest BCUT2D eigenvalue weighted by Gasteiger charge is 2.36. The topological polar surface area (TPSA) is 47.9 Å². The Morgan fingerprint density at radius 3 is 1.85 bits per heavy atom. The van der Waals surface area contributed by atoms with Gasteiger partial charge in [0.1, 0.15) is 6.61 Å². The second-order valence-corrected chi connectivity index (χ2v) is 8.74. The molecule has 3 aromatic rings. The van der Waals surface area contributed by atoms with Gasteiger partial charge in [-0.05, 0) is 38.2 Å². The minimum Gasteiger partial charge on any atom is -0.459 e. The first kappa shape index (κ1) is 22.9. The largest absolute Gasteiger partial charge is 0.459 e. The highest BCUT2D eigenvalue weighted by atomic mass is 16.5. The summed E-state index contributed by atoms with van der Waals surface area (Å²) in [6.07, 6.45) is 1.71. The smallest absolute Gasteiger partial charge is 0.331 e. The molecule has 0 N–H and O–H groups in total. The van der Waals surface area contributed by atoms with Gasteiger partial charge in [0.15, 0.2) is 6.04 Å². The van der Waals surface area contributed by atoms with Crippen molar-refractivity contribution < 1.29 is 14.3 Å². The van der Waals surface area contributed by atoms with Crippen LogP contribution in [0.2, 0.25) is 0 Å². The van der Waals surface area contributed by atoms with Gasteiger partial charge in [-0.25, -0.2) is 4.79 Å². The van der Waals surface area contributed by atoms with Crippen LogP contribution in [-0.4, -0.2) is 29.9 Å². The molecule has 0 bridgehead atoms. The SMILES string of the molecule is CC1CC(C(N=C(c2ccccc2)c2ccccc2)C(=O)OCc2ccccc2)C[C@@H](C)O1. The first-order valence-electron chi connectivity index (χ1n) is 11.6. The Morgan fingerprint density at radius 1 is 0.848 bits per heavy atom. The van der Waals surface area contributed by atoms with Gasteiger partial charge in [-0.3, -0.25) is 4.99 Å². The lowest BCUT2D eigenvalue weighted by atomic mass is 9.86. The predicted octanol–water partition coefficient (Wildman–Crippen LogP) is 5.84. The Hall–Kier alpha value is -3.24. The van der Waals surface area contributed by atoms with Crippen LogP contribution in [-0.2, 0) is 20.9 Å². The minimum atomic E-state index is -0.599. The number of carbonyl (C=O) groups is 1. The second-order valence-electron chi connectivity index (χ2n) is 8.74. The summed E-state index contributed by atoms with van der Waals surface area (Å²) in [6, 6.07) is 29.3. The van der Waals surface area contributed by atoms with Crippen LogP contribution in [0.4, 0.5) is 0 Å². The fraction of sp³-hybridized carbons (Fsp3) is 0.310. The normalized spacial score (nSPS) is 21.1. The van der Waals surface area contributed by atoms with E-state index in [9.17, 15) is 4.79 Å². The summed E-state index contributed by atoms with van der Waals surface area (Å²) in [5, 5.41) is 0. The molecule has 4 nitrogen and oxygen atoms in total. The number of hydrogen-bond acceptors (Lipinski definition) is 4. The van der Waals surface area contributed by atoms with Gasteiger partial charge in [0.25, 0.3) is 0 Å². The van der Waals surface area contributed by atoms with Crippen LogP contribution in [0.15, 0.2) is 96.0 Å². The Morgan fingerprint density at radius 2 is 1.33 bits per heavy atom. The number of rotatable bonds is 7. The summed E-state index contributed by atoms with van der Waals surface area (Å²) in [6.45, 7) is 4.37. The molecule has 0 spiro atoms. The molecule has 0 radical (unpaired) electrons. The van der Waals surface area contributed by atoms with E-state index in [1.807, 2.05) is 91.0 Å². The number of hydrogen-bond donors (Lipinski definition) is 0. The lowest BCUT2D eigenvalue weighted by Gasteiger charge is -2.34. The van der Waals surface area contributed by atoms with E-state index in [4.69, 9.17) is 14.5 Å². The number of carbonyl (C=O) groups excluding carboxylic acids is 1. The van der Waals surface area contributed by atoms with Gasteiger partial charge in [0.05, 0.1) is 17.9 Å². The van der Waals surface area contributed by atoms with Gasteiger partial charge in [0, 0.05) is 11.1 Å². The zero-order chi connectivity index (χ0) is 23.0. The molecule has 170 valence electrons. The van der Waals surface area contributed by atoms with Crippen LogP contribution in [0.1, 0.15) is 43.4 Å². The van der Waals surface area contributed by atoms with Crippen molar-refractivity contribution in [3.8, 4) is 0 Å². The minimum absolute atomic E-state index is 0.0504. The van der Waals surface area contributed by atoms with E-state index in [0.717, 1.165) is 35.2 Å². The molecule has 1 saturated heterocycles. The molecule has 0 aliphatic carbocycles. The van der Waals surface area contributed by atoms with E-state index < -0.39 is 6.04 Å². The third-order valence-electron chi connectivity index (χ3n) is 6.01. The van der Waals surface area contributed by atoms with Crippen molar-refractivity contribution in [2.24, 2.45) is 10.9 Å². The van der Waals surface area contributed by atoms with E-state index in [2.05, 4.69) is 13.8 Å². The highest BCUT2D eigenvalue weighted by Crippen LogP contribution is 2.30. The molecular weight excluding hydrogens is 410 g/mol. The van der Waals surface area contributed by atoms with Gasteiger partial charge in [-0.2, -0.15) is 0 Å². The van der Waals surface area contributed by atoms with Crippen LogP contribution >= 0.6 is 0 Å². The van der Waals surface area contributed by atoms with Crippen molar-refractivity contribution in [2.45, 2.75) is 51.5 Å². The number of aliphatic imine (C=N–C) groups is 1. The molecule has 3 aromatic carbocycles. The zero-order valence-corrected chi connectivity index (χ0v) is 19.3. The maximum atomic E-state index is 13.5. The number of esters is 1. The van der Waals surface area contributed by atoms with E-state index in [1.54, 1.807) is 0 Å². The van der Waals surface area contributed by atoms with E-state index in [1.165, 1.54) is 0 Å². The number of benzene rings is 3. The first-order valence-corrected chi connectivity index (χ1v) is 11.6. The van der Waals surface area contributed by atoms with E-state index >= 15 is 0 Å². The summed E-state index contributed by atoms with van der Waals surface area (Å²) in [5.74, 6) is -0.232. The second kappa shape index (κ2) is 11.1. The molecule has 0 aromatic heterocycles. The van der Waals surface area contributed by atoms with Gasteiger partial charge in [-0.15, -0.1) is 0 Å². The molecule has 0 amide bonds. The molecule has 4 heteroatoms. The molecule has 33 heavy (non-hydrogen) atoms. The average Bonchev–Trinajstić information content (AvgIpc) is 2.84. The Bertz CT molecular complexity index is 998. The van der Waals surface area contributed by atoms with E-state index in [0.29, 0.717) is 0 Å². The van der Waals surface area contributed by atoms with Crippen LogP contribution in [0.25, 0.3) is 0 Å². The molecule has 0 saturated carbocycles. The maximum absolute atomic E-state index is 13.5. The lowest BCUT2D eigenvalue weighted by molar-refractivity contribution is -0.150. The van der Waals surface area contributed by atoms with Crippen molar-refractivity contribution >= 4 is 11.7 Å². The quantitative estimate of drug-likeness (QED) is 0.342. The fourth-order valence-electron chi connectivity index (χ4n) is 4.53. The summed E-state index contributed by atoms with van der Waals surface area (Å²) in [4.78, 5) is 18.6. The van der Waals surface area contributed by atoms with Crippen molar-refractivity contribution in [1.29, 1.82) is 0 Å². The van der Waals surface area contributed by atoms with Gasteiger partial charge in [-0.1, -0.05) is 91.0 Å². The van der Waals surface area contributed by atoms with Crippen LogP contribution in [0.5, 0.6) is 0 Å². The lowest BCUT2D eigenvalue weighted by Crippen LogP contribution is -2.39. The Labute approximate surface area is 196 Å². The summed E-state index contributed by atoms with van der Waals surface area (Å²) < 4.78 is 11.7. The molecule has 3 unspecified atom stereocenters. The highest BCUT2D eigenvalue weighted by molar-refractivity contribution is 6.13. The molecule has 1 aliphatic rings. The third-order valence-corrected chi connectivity index (χ3v) is 6.01. The number of ether oxygens (including phenoxy) is 2. The van der Waals surface area contributed by atoms with Crippen LogP contribution in [0, 0.1) is 5.92 Å². The van der Waals surface area contributed by atoms with E-state index in [-0.39, 0.29) is 30.7 Å². The Balaban J connectivity index is 1.70. The molecule has 1 heterocycles. The molecule has 1 aliphatic heterocycles. The predicted molar refractivity (Wildman–Crippen MR) is 131 cm³/mol. The van der Waals surface area contributed by atoms with Gasteiger partial charge in [0.2, 0.25) is 0 Å². The van der Waals surface area contributed by atoms with Crippen LogP contribution < -0.4 is 0 Å². The molecule has 4 rings (SSSR count). The van der Waals surface area contributed by atoms with Crippen molar-refractivity contribution in [3.05, 3.63) is 108 Å². The maximum Gasteiger partial charge on any atom is 0.331 e. The van der Waals surface area contributed by atoms with Crippen molar-refractivity contribution in [2.75, 3.05) is 0 Å². The van der Waals surface area contributed by atoms with Gasteiger partial charge >= 0.3 is 5.97 Å². The average molecular weight is 442 g/mol. The standard InChI is InChI=1S/C29H31NO3/c1-21-18-26(19-22(2)33-21)28(29(31)32-20-23-12-6-3-7-13-23)30-27(24-14-8-4-9-15-24)25-16-10-5-11-17-25/h3-17,21-22,26,28H,18-20H2,1-2H3/t21-,22?,26?,28?/m1/s1.